The average Bonchev–Trinajstić information content (AvgIpc) is 2.61. The van der Waals surface area contributed by atoms with Crippen molar-refractivity contribution in [3.05, 3.63) is 34.4 Å². The Bertz CT molecular complexity index is 531. The lowest BCUT2D eigenvalue weighted by Crippen LogP contribution is -2.12. The van der Waals surface area contributed by atoms with E-state index in [1.807, 2.05) is 0 Å². The average molecular weight is 366 g/mol. The van der Waals surface area contributed by atoms with E-state index in [0.29, 0.717) is 24.0 Å². The number of hydrogen-bond acceptors (Lipinski definition) is 4. The summed E-state index contributed by atoms with van der Waals surface area (Å²) in [4.78, 5) is 23.2. The maximum absolute atomic E-state index is 11.6. The van der Waals surface area contributed by atoms with Gasteiger partial charge in [-0.25, -0.2) is 9.59 Å². The Morgan fingerprint density at radius 2 is 0.962 bits per heavy atom. The van der Waals surface area contributed by atoms with Gasteiger partial charge in [-0.15, -0.1) is 0 Å². The topological polar surface area (TPSA) is 115 Å². The van der Waals surface area contributed by atoms with Crippen LogP contribution in [0.25, 0.3) is 0 Å². The van der Waals surface area contributed by atoms with Crippen LogP contribution in [0.4, 0.5) is 0 Å². The molecule has 146 valence electrons. The van der Waals surface area contributed by atoms with E-state index in [4.69, 9.17) is 10.2 Å². The summed E-state index contributed by atoms with van der Waals surface area (Å²) >= 11 is 0. The highest BCUT2D eigenvalue weighted by Crippen LogP contribution is 2.25. The fraction of sp³-hybridized carbons (Fsp3) is 0.600. The van der Waals surface area contributed by atoms with Crippen LogP contribution >= 0.6 is 0 Å². The van der Waals surface area contributed by atoms with Gasteiger partial charge in [-0.05, 0) is 61.8 Å². The van der Waals surface area contributed by atoms with Gasteiger partial charge in [-0.2, -0.15) is 0 Å². The van der Waals surface area contributed by atoms with Crippen LogP contribution in [0, 0.1) is 0 Å². The molecule has 26 heavy (non-hydrogen) atoms. The molecule has 0 aliphatic heterocycles. The lowest BCUT2D eigenvalue weighted by atomic mass is 9.89. The van der Waals surface area contributed by atoms with E-state index in [-0.39, 0.29) is 24.3 Å². The predicted molar refractivity (Wildman–Crippen MR) is 98.9 cm³/mol. The lowest BCUT2D eigenvalue weighted by Gasteiger charge is -2.16. The second-order valence-corrected chi connectivity index (χ2v) is 6.50. The Kier molecular flexibility index (Phi) is 10.6. The molecule has 0 spiro atoms. The maximum atomic E-state index is 11.6. The fourth-order valence-corrected chi connectivity index (χ4v) is 3.20. The van der Waals surface area contributed by atoms with E-state index in [1.54, 1.807) is 0 Å². The maximum Gasteiger partial charge on any atom is 0.335 e. The Hall–Kier alpha value is -1.92. The number of unbranched alkanes of at least 4 members (excludes halogenated alkanes) is 6. The number of aliphatic hydroxyl groups is 2. The first-order valence-electron chi connectivity index (χ1n) is 9.36. The van der Waals surface area contributed by atoms with E-state index in [0.717, 1.165) is 51.4 Å². The van der Waals surface area contributed by atoms with Crippen molar-refractivity contribution in [1.82, 2.24) is 0 Å². The zero-order valence-electron chi connectivity index (χ0n) is 15.2. The molecule has 1 aromatic carbocycles. The molecule has 0 heterocycles. The van der Waals surface area contributed by atoms with Crippen molar-refractivity contribution in [2.24, 2.45) is 0 Å². The van der Waals surface area contributed by atoms with Crippen molar-refractivity contribution in [3.8, 4) is 0 Å². The summed E-state index contributed by atoms with van der Waals surface area (Å²) in [7, 11) is 0. The van der Waals surface area contributed by atoms with E-state index in [9.17, 15) is 19.8 Å². The molecule has 1 aromatic rings. The largest absolute Gasteiger partial charge is 0.478 e. The Balaban J connectivity index is 2.99. The van der Waals surface area contributed by atoms with Crippen LogP contribution in [0.1, 0.15) is 83.2 Å². The van der Waals surface area contributed by atoms with Crippen molar-refractivity contribution < 1.29 is 30.0 Å². The van der Waals surface area contributed by atoms with Crippen LogP contribution in [-0.2, 0) is 12.8 Å². The first-order chi connectivity index (χ1) is 12.5. The summed E-state index contributed by atoms with van der Waals surface area (Å²) in [6, 6.07) is 2.79. The zero-order chi connectivity index (χ0) is 19.4. The lowest BCUT2D eigenvalue weighted by molar-refractivity contribution is 0.0679. The minimum absolute atomic E-state index is 0.147. The van der Waals surface area contributed by atoms with Gasteiger partial charge < -0.3 is 20.4 Å². The van der Waals surface area contributed by atoms with Crippen molar-refractivity contribution in [2.45, 2.75) is 64.2 Å². The molecule has 0 aromatic heterocycles. The molecule has 0 saturated carbocycles. The summed E-state index contributed by atoms with van der Waals surface area (Å²) < 4.78 is 0. The number of carboxylic acid groups (broad SMARTS) is 2. The monoisotopic (exact) mass is 366 g/mol. The van der Waals surface area contributed by atoms with E-state index in [1.165, 1.54) is 12.1 Å². The molecule has 6 heteroatoms. The van der Waals surface area contributed by atoms with Gasteiger partial charge in [0, 0.05) is 13.2 Å². The summed E-state index contributed by atoms with van der Waals surface area (Å²) in [6.45, 7) is 0.294. The van der Waals surface area contributed by atoms with Gasteiger partial charge in [-0.3, -0.25) is 0 Å². The third-order valence-electron chi connectivity index (χ3n) is 4.56. The minimum atomic E-state index is -1.03. The number of hydrogen-bond donors (Lipinski definition) is 4. The normalized spacial score (nSPS) is 10.8. The summed E-state index contributed by atoms with van der Waals surface area (Å²) in [5.74, 6) is -2.07. The number of benzene rings is 1. The van der Waals surface area contributed by atoms with Crippen LogP contribution in [0.5, 0.6) is 0 Å². The van der Waals surface area contributed by atoms with Crippen molar-refractivity contribution >= 4 is 11.9 Å². The minimum Gasteiger partial charge on any atom is -0.478 e. The molecule has 0 bridgehead atoms. The smallest absolute Gasteiger partial charge is 0.335 e. The van der Waals surface area contributed by atoms with Gasteiger partial charge in [0.2, 0.25) is 0 Å². The standard InChI is InChI=1S/C20H30O6/c21-13-7-3-1-5-9-15-16(10-6-2-4-8-14-22)18(20(25)26)12-11-17(15)19(23)24/h11-12,21-22H,1-10,13-14H2,(H,23,24)(H,25,26). The fourth-order valence-electron chi connectivity index (χ4n) is 3.20. The van der Waals surface area contributed by atoms with Gasteiger partial charge >= 0.3 is 11.9 Å². The third kappa shape index (κ3) is 7.14. The quantitative estimate of drug-likeness (QED) is 0.376. The highest BCUT2D eigenvalue weighted by atomic mass is 16.4. The number of aromatic carboxylic acids is 2. The molecule has 0 fully saturated rings. The predicted octanol–water partition coefficient (Wildman–Crippen LogP) is 3.27. The second-order valence-electron chi connectivity index (χ2n) is 6.50. The molecule has 0 unspecified atom stereocenters. The summed E-state index contributed by atoms with van der Waals surface area (Å²) in [5, 5.41) is 36.7. The van der Waals surface area contributed by atoms with E-state index < -0.39 is 11.9 Å². The first-order valence-corrected chi connectivity index (χ1v) is 9.36. The number of rotatable bonds is 14. The van der Waals surface area contributed by atoms with Crippen LogP contribution < -0.4 is 0 Å². The van der Waals surface area contributed by atoms with Gasteiger partial charge in [0.1, 0.15) is 0 Å². The molecule has 0 aliphatic carbocycles. The van der Waals surface area contributed by atoms with Crippen LogP contribution in [-0.4, -0.2) is 45.6 Å². The van der Waals surface area contributed by atoms with Crippen molar-refractivity contribution in [2.75, 3.05) is 13.2 Å². The van der Waals surface area contributed by atoms with Gasteiger partial charge in [-0.1, -0.05) is 25.7 Å². The molecule has 0 saturated heterocycles. The number of carbonyl (C=O) groups is 2. The highest BCUT2D eigenvalue weighted by Gasteiger charge is 2.20. The second kappa shape index (κ2) is 12.4. The molecule has 1 rings (SSSR count). The van der Waals surface area contributed by atoms with Crippen LogP contribution in [0.3, 0.4) is 0 Å². The molecule has 0 radical (unpaired) electrons. The zero-order valence-corrected chi connectivity index (χ0v) is 15.2. The van der Waals surface area contributed by atoms with Crippen LogP contribution in [0.15, 0.2) is 12.1 Å². The first kappa shape index (κ1) is 22.1. The highest BCUT2D eigenvalue weighted by molar-refractivity contribution is 5.95. The molecule has 0 atom stereocenters. The molecular weight excluding hydrogens is 336 g/mol. The van der Waals surface area contributed by atoms with Crippen LogP contribution in [0.2, 0.25) is 0 Å². The molecule has 0 aliphatic rings. The van der Waals surface area contributed by atoms with E-state index >= 15 is 0 Å². The van der Waals surface area contributed by atoms with Gasteiger partial charge in [0.25, 0.3) is 0 Å². The molecule has 6 nitrogen and oxygen atoms in total. The number of carboxylic acids is 2. The Morgan fingerprint density at radius 1 is 0.615 bits per heavy atom. The van der Waals surface area contributed by atoms with Crippen molar-refractivity contribution in [1.29, 1.82) is 0 Å². The molecule has 0 amide bonds. The number of aliphatic hydroxyl groups excluding tert-OH is 2. The SMILES string of the molecule is O=C(O)c1ccc(C(=O)O)c(CCCCCCO)c1CCCCCCO. The molecule has 4 N–H and O–H groups in total. The summed E-state index contributed by atoms with van der Waals surface area (Å²) in [5.41, 5.74) is 1.62. The molecular formula is C20H30O6. The Labute approximate surface area is 154 Å². The van der Waals surface area contributed by atoms with Crippen molar-refractivity contribution in [3.63, 3.8) is 0 Å². The van der Waals surface area contributed by atoms with Gasteiger partial charge in [0.05, 0.1) is 11.1 Å². The third-order valence-corrected chi connectivity index (χ3v) is 4.56. The summed E-state index contributed by atoms with van der Waals surface area (Å²) in [6.07, 6.45) is 7.50. The van der Waals surface area contributed by atoms with Gasteiger partial charge in [0.15, 0.2) is 0 Å². The van der Waals surface area contributed by atoms with E-state index in [2.05, 4.69) is 0 Å². The Morgan fingerprint density at radius 3 is 1.27 bits per heavy atom.